The maximum Gasteiger partial charge on any atom is 0.257 e. The summed E-state index contributed by atoms with van der Waals surface area (Å²) in [5.74, 6) is 0.312. The minimum Gasteiger partial charge on any atom is -0.496 e. The first-order valence-corrected chi connectivity index (χ1v) is 11.9. The number of ether oxygens (including phenoxy) is 1. The smallest absolute Gasteiger partial charge is 0.257 e. The van der Waals surface area contributed by atoms with Gasteiger partial charge in [-0.25, -0.2) is 0 Å². The number of thiocarbonyl (C=S) groups is 1. The lowest BCUT2D eigenvalue weighted by Gasteiger charge is -2.33. The topological polar surface area (TPSA) is 93.4 Å². The Kier molecular flexibility index (Phi) is 7.08. The van der Waals surface area contributed by atoms with Crippen LogP contribution in [0.1, 0.15) is 58.3 Å². The molecule has 0 saturated carbocycles. The summed E-state index contributed by atoms with van der Waals surface area (Å²) >= 11 is 10.2. The van der Waals surface area contributed by atoms with Gasteiger partial charge in [0.2, 0.25) is 0 Å². The Balaban J connectivity index is 1.77. The van der Waals surface area contributed by atoms with Gasteiger partial charge in [-0.1, -0.05) is 20.8 Å². The second-order valence-corrected chi connectivity index (χ2v) is 11.0. The lowest BCUT2D eigenvalue weighted by molar-refractivity contribution is 0.0975. The largest absolute Gasteiger partial charge is 0.496 e. The van der Waals surface area contributed by atoms with E-state index < -0.39 is 5.91 Å². The standard InChI is InChI=1S/C22H26BrN3O3S2/c1-22(2,3)12-6-7-13-16(10-12)31-20(17(13)18(24)27)26-21(30)25-19(28)11-5-8-15(29-4)14(23)9-11/h5,8-9,12H,6-7,10H2,1-4H3,(H2,24,27)(H2,25,26,28,30)/t12-/m0/s1. The first-order chi connectivity index (χ1) is 14.5. The van der Waals surface area contributed by atoms with Gasteiger partial charge in [0, 0.05) is 10.4 Å². The fraction of sp³-hybridized carbons (Fsp3) is 0.409. The zero-order valence-corrected chi connectivity index (χ0v) is 21.1. The number of benzene rings is 1. The molecule has 2 amide bonds. The maximum atomic E-state index is 12.6. The van der Waals surface area contributed by atoms with Gasteiger partial charge in [-0.2, -0.15) is 0 Å². The van der Waals surface area contributed by atoms with Crippen molar-refractivity contribution >= 4 is 61.4 Å². The second-order valence-electron chi connectivity index (χ2n) is 8.64. The predicted octanol–water partition coefficient (Wildman–Crippen LogP) is 4.90. The Hall–Kier alpha value is -1.97. The van der Waals surface area contributed by atoms with Gasteiger partial charge >= 0.3 is 0 Å². The number of methoxy groups -OCH3 is 1. The molecule has 1 aliphatic carbocycles. The van der Waals surface area contributed by atoms with Crippen LogP contribution in [-0.2, 0) is 12.8 Å². The number of hydrogen-bond acceptors (Lipinski definition) is 5. The number of primary amides is 1. The van der Waals surface area contributed by atoms with Crippen LogP contribution in [0.25, 0.3) is 0 Å². The summed E-state index contributed by atoms with van der Waals surface area (Å²) in [7, 11) is 1.56. The Morgan fingerprint density at radius 2 is 2.03 bits per heavy atom. The van der Waals surface area contributed by atoms with E-state index >= 15 is 0 Å². The van der Waals surface area contributed by atoms with Gasteiger partial charge < -0.3 is 15.8 Å². The quantitative estimate of drug-likeness (QED) is 0.495. The van der Waals surface area contributed by atoms with Crippen LogP contribution in [-0.4, -0.2) is 24.0 Å². The number of nitrogens with two attached hydrogens (primary N) is 1. The predicted molar refractivity (Wildman–Crippen MR) is 132 cm³/mol. The Labute approximate surface area is 200 Å². The summed E-state index contributed by atoms with van der Waals surface area (Å²) in [6.45, 7) is 6.73. The molecule has 31 heavy (non-hydrogen) atoms. The SMILES string of the molecule is COc1ccc(C(=O)NC(=S)Nc2sc3c(c2C(N)=O)CC[C@H](C(C)(C)C)C3)cc1Br. The van der Waals surface area contributed by atoms with Gasteiger partial charge in [0.25, 0.3) is 11.8 Å². The Morgan fingerprint density at radius 1 is 1.32 bits per heavy atom. The normalized spacial score (nSPS) is 15.7. The number of thiophene rings is 1. The zero-order valence-electron chi connectivity index (χ0n) is 17.9. The maximum absolute atomic E-state index is 12.6. The van der Waals surface area contributed by atoms with E-state index in [-0.39, 0.29) is 16.4 Å². The number of halogens is 1. The molecule has 0 bridgehead atoms. The summed E-state index contributed by atoms with van der Waals surface area (Å²) in [5.41, 5.74) is 7.80. The summed E-state index contributed by atoms with van der Waals surface area (Å²) in [6, 6.07) is 4.99. The lowest BCUT2D eigenvalue weighted by Crippen LogP contribution is -2.34. The third kappa shape index (κ3) is 5.27. The number of anilines is 1. The minimum absolute atomic E-state index is 0.116. The average Bonchev–Trinajstić information content (AvgIpc) is 3.03. The molecular formula is C22H26BrN3O3S2. The van der Waals surface area contributed by atoms with Crippen molar-refractivity contribution in [3.05, 3.63) is 44.2 Å². The molecule has 1 atom stereocenters. The van der Waals surface area contributed by atoms with Crippen LogP contribution in [0.4, 0.5) is 5.00 Å². The molecular weight excluding hydrogens is 498 g/mol. The van der Waals surface area contributed by atoms with Crippen LogP contribution in [0.3, 0.4) is 0 Å². The van der Waals surface area contributed by atoms with Gasteiger partial charge in [-0.3, -0.25) is 14.9 Å². The highest BCUT2D eigenvalue weighted by molar-refractivity contribution is 9.10. The van der Waals surface area contributed by atoms with E-state index in [0.717, 1.165) is 29.7 Å². The van der Waals surface area contributed by atoms with Gasteiger partial charge in [0.1, 0.15) is 10.8 Å². The molecule has 0 fully saturated rings. The van der Waals surface area contributed by atoms with E-state index in [1.807, 2.05) is 0 Å². The number of fused-ring (bicyclic) bond motifs is 1. The van der Waals surface area contributed by atoms with Gasteiger partial charge in [-0.05, 0) is 82.5 Å². The Morgan fingerprint density at radius 3 is 2.61 bits per heavy atom. The highest BCUT2D eigenvalue weighted by atomic mass is 79.9. The third-order valence-corrected chi connectivity index (χ3v) is 7.60. The van der Waals surface area contributed by atoms with Crippen molar-refractivity contribution in [1.82, 2.24) is 5.32 Å². The molecule has 1 aromatic heterocycles. The molecule has 0 saturated heterocycles. The van der Waals surface area contributed by atoms with Crippen molar-refractivity contribution in [2.45, 2.75) is 40.0 Å². The van der Waals surface area contributed by atoms with E-state index in [1.165, 1.54) is 11.3 Å². The van der Waals surface area contributed by atoms with Crippen molar-refractivity contribution < 1.29 is 14.3 Å². The molecule has 0 aliphatic heterocycles. The van der Waals surface area contributed by atoms with E-state index in [1.54, 1.807) is 25.3 Å². The number of nitrogens with one attached hydrogen (secondary N) is 2. The molecule has 4 N–H and O–H groups in total. The van der Waals surface area contributed by atoms with E-state index in [2.05, 4.69) is 47.3 Å². The molecule has 0 radical (unpaired) electrons. The molecule has 1 heterocycles. The lowest BCUT2D eigenvalue weighted by atomic mass is 9.72. The van der Waals surface area contributed by atoms with E-state index in [4.69, 9.17) is 22.7 Å². The molecule has 6 nitrogen and oxygen atoms in total. The minimum atomic E-state index is -0.484. The fourth-order valence-corrected chi connectivity index (χ4v) is 5.93. The van der Waals surface area contributed by atoms with Crippen LogP contribution in [0.5, 0.6) is 5.75 Å². The monoisotopic (exact) mass is 523 g/mol. The molecule has 166 valence electrons. The molecule has 1 aromatic carbocycles. The first kappa shape index (κ1) is 23.7. The first-order valence-electron chi connectivity index (χ1n) is 9.91. The molecule has 0 unspecified atom stereocenters. The highest BCUT2D eigenvalue weighted by Gasteiger charge is 2.33. The third-order valence-electron chi connectivity index (χ3n) is 5.60. The summed E-state index contributed by atoms with van der Waals surface area (Å²) in [6.07, 6.45) is 2.73. The van der Waals surface area contributed by atoms with Crippen molar-refractivity contribution in [2.75, 3.05) is 12.4 Å². The molecule has 3 rings (SSSR count). The van der Waals surface area contributed by atoms with Crippen LogP contribution >= 0.6 is 39.5 Å². The number of rotatable bonds is 4. The average molecular weight is 525 g/mol. The number of amides is 2. The fourth-order valence-electron chi connectivity index (χ4n) is 3.79. The summed E-state index contributed by atoms with van der Waals surface area (Å²) < 4.78 is 5.85. The van der Waals surface area contributed by atoms with Crippen LogP contribution in [0, 0.1) is 11.3 Å². The highest BCUT2D eigenvalue weighted by Crippen LogP contribution is 2.44. The Bertz CT molecular complexity index is 1040. The van der Waals surface area contributed by atoms with Crippen molar-refractivity contribution in [2.24, 2.45) is 17.1 Å². The van der Waals surface area contributed by atoms with E-state index in [0.29, 0.717) is 32.3 Å². The number of hydrogen-bond donors (Lipinski definition) is 3. The van der Waals surface area contributed by atoms with Crippen molar-refractivity contribution in [3.8, 4) is 5.75 Å². The molecule has 2 aromatic rings. The number of carbonyl (C=O) groups excluding carboxylic acids is 2. The number of carbonyl (C=O) groups is 2. The summed E-state index contributed by atoms with van der Waals surface area (Å²) in [4.78, 5) is 25.9. The van der Waals surface area contributed by atoms with Gasteiger partial charge in [-0.15, -0.1) is 11.3 Å². The van der Waals surface area contributed by atoms with Gasteiger partial charge in [0.15, 0.2) is 5.11 Å². The van der Waals surface area contributed by atoms with E-state index in [9.17, 15) is 9.59 Å². The van der Waals surface area contributed by atoms with Crippen LogP contribution in [0.2, 0.25) is 0 Å². The van der Waals surface area contributed by atoms with Crippen molar-refractivity contribution in [3.63, 3.8) is 0 Å². The van der Waals surface area contributed by atoms with Gasteiger partial charge in [0.05, 0.1) is 17.1 Å². The van der Waals surface area contributed by atoms with Crippen molar-refractivity contribution in [1.29, 1.82) is 0 Å². The van der Waals surface area contributed by atoms with Crippen LogP contribution < -0.4 is 21.1 Å². The van der Waals surface area contributed by atoms with Crippen LogP contribution in [0.15, 0.2) is 22.7 Å². The summed E-state index contributed by atoms with van der Waals surface area (Å²) in [5, 5.41) is 6.39. The second kappa shape index (κ2) is 9.26. The molecule has 1 aliphatic rings. The zero-order chi connectivity index (χ0) is 22.9. The molecule has 0 spiro atoms. The molecule has 9 heteroatoms.